The molecular weight excluding hydrogens is 728 g/mol. The molecule has 8 atom stereocenters. The van der Waals surface area contributed by atoms with Crippen LogP contribution in [0, 0.1) is 35.0 Å². The van der Waals surface area contributed by atoms with Crippen molar-refractivity contribution >= 4 is 29.8 Å². The summed E-state index contributed by atoms with van der Waals surface area (Å²) in [6, 6.07) is 9.27. The number of ether oxygens (including phenoxy) is 3. The number of hydrogen-bond donors (Lipinski definition) is 3. The van der Waals surface area contributed by atoms with E-state index in [2.05, 4.69) is 43.3 Å². The maximum absolute atomic E-state index is 12.1. The van der Waals surface area contributed by atoms with Crippen molar-refractivity contribution in [1.82, 2.24) is 0 Å². The largest absolute Gasteiger partial charge is 0.481 e. The van der Waals surface area contributed by atoms with Gasteiger partial charge in [-0.05, 0) is 123 Å². The van der Waals surface area contributed by atoms with Crippen LogP contribution in [0.15, 0.2) is 48.6 Å². The monoisotopic (exact) mass is 794 g/mol. The molecule has 3 saturated carbocycles. The van der Waals surface area contributed by atoms with Crippen LogP contribution in [0.25, 0.3) is 0 Å². The molecule has 4 aliphatic carbocycles. The smallest absolute Gasteiger partial charge is 0.423 e. The number of carboxylic acid groups (broad SMARTS) is 2. The van der Waals surface area contributed by atoms with Crippen molar-refractivity contribution < 1.29 is 53.5 Å². The Kier molecular flexibility index (Phi) is 16.5. The van der Waals surface area contributed by atoms with Crippen molar-refractivity contribution in [3.8, 4) is 0 Å². The maximum atomic E-state index is 12.1. The summed E-state index contributed by atoms with van der Waals surface area (Å²) in [5.74, 6) is -8.91. The minimum Gasteiger partial charge on any atom is -0.481 e. The zero-order valence-corrected chi connectivity index (χ0v) is 34.7. The summed E-state index contributed by atoms with van der Waals surface area (Å²) in [5.41, 5.74) is 4.07. The number of carboxylic acids is 2. The summed E-state index contributed by atoms with van der Waals surface area (Å²) in [6.07, 6.45) is 24.2. The highest BCUT2D eigenvalue weighted by Gasteiger charge is 2.66. The Labute approximate surface area is 338 Å². The number of benzene rings is 1. The molecule has 0 aliphatic heterocycles. The molecular formula is C46H66O11. The van der Waals surface area contributed by atoms with E-state index in [1.54, 1.807) is 17.2 Å². The Bertz CT molecular complexity index is 1600. The van der Waals surface area contributed by atoms with Crippen molar-refractivity contribution in [2.24, 2.45) is 35.0 Å². The van der Waals surface area contributed by atoms with Crippen LogP contribution in [0.1, 0.15) is 154 Å². The van der Waals surface area contributed by atoms with Crippen LogP contribution in [0.5, 0.6) is 0 Å². The maximum Gasteiger partial charge on any atom is 0.423 e. The number of carbonyl (C=O) groups is 5. The van der Waals surface area contributed by atoms with Crippen LogP contribution in [-0.2, 0) is 44.6 Å². The van der Waals surface area contributed by atoms with Gasteiger partial charge in [-0.15, -0.1) is 0 Å². The van der Waals surface area contributed by atoms with Gasteiger partial charge in [0.2, 0.25) is 0 Å². The van der Waals surface area contributed by atoms with E-state index in [0.29, 0.717) is 17.8 Å². The van der Waals surface area contributed by atoms with Crippen molar-refractivity contribution in [2.75, 3.05) is 0 Å². The van der Waals surface area contributed by atoms with Gasteiger partial charge in [-0.25, -0.2) is 4.79 Å². The second-order valence-corrected chi connectivity index (χ2v) is 17.2. The van der Waals surface area contributed by atoms with E-state index >= 15 is 0 Å². The SMILES string of the molecule is CCCC(CC/C=C/[C@H]1CCC[C@@H]1C/C=C\CC(O)(OC(C)=O)C(OC(C)=O)(OC(C)=O)C(=O)O)CC(=O)O.C[C@@]12CCC[C@H]1[C@@H]1CCc3ccccc3[C@H]1CC2. The fourth-order valence-electron chi connectivity index (χ4n) is 10.6. The van der Waals surface area contributed by atoms with Crippen LogP contribution < -0.4 is 0 Å². The summed E-state index contributed by atoms with van der Waals surface area (Å²) in [4.78, 5) is 58.2. The van der Waals surface area contributed by atoms with Gasteiger partial charge in [-0.1, -0.05) is 88.1 Å². The molecule has 11 heteroatoms. The zero-order valence-electron chi connectivity index (χ0n) is 34.7. The number of carbonyl (C=O) groups excluding carboxylic acids is 3. The summed E-state index contributed by atoms with van der Waals surface area (Å²) < 4.78 is 14.4. The minimum atomic E-state index is -3.31. The van der Waals surface area contributed by atoms with Crippen LogP contribution in [0.2, 0.25) is 0 Å². The van der Waals surface area contributed by atoms with Gasteiger partial charge in [0.05, 0.1) is 0 Å². The lowest BCUT2D eigenvalue weighted by atomic mass is 9.56. The van der Waals surface area contributed by atoms with E-state index in [4.69, 9.17) is 19.3 Å². The predicted molar refractivity (Wildman–Crippen MR) is 215 cm³/mol. The summed E-state index contributed by atoms with van der Waals surface area (Å²) >= 11 is 0. The van der Waals surface area contributed by atoms with Gasteiger partial charge in [0.15, 0.2) is 0 Å². The molecule has 316 valence electrons. The molecule has 0 amide bonds. The second-order valence-electron chi connectivity index (χ2n) is 17.2. The highest BCUT2D eigenvalue weighted by atomic mass is 16.8. The standard InChI is InChI=1S/C28H42O11.C18H24/c1-5-11-22(18-25(32)33)12-6-7-13-23-15-10-16-24(23)14-8-9-17-27(36,37-19(2)29)28(26(34)35,38-20(3)30)39-21(4)31;1-18-11-4-7-17(18)16-9-8-13-5-2-3-6-14(13)15(16)10-12-18/h7-9,13,22-24,36H,5-6,10-12,14-18H2,1-4H3,(H,32,33)(H,34,35);2-3,5-6,15-17H,4,7-12H2,1H3/b9-8-,13-7+;/t22?,23-,24-,27?;15-,16-,17+,18+/m01/s1. The molecule has 4 aliphatic rings. The fourth-order valence-corrected chi connectivity index (χ4v) is 10.6. The summed E-state index contributed by atoms with van der Waals surface area (Å²) in [7, 11) is 0. The first kappa shape index (κ1) is 45.7. The van der Waals surface area contributed by atoms with Gasteiger partial charge in [0.25, 0.3) is 0 Å². The fraction of sp³-hybridized carbons (Fsp3) is 0.674. The average Bonchev–Trinajstić information content (AvgIpc) is 3.76. The number of rotatable bonds is 17. The molecule has 0 radical (unpaired) electrons. The van der Waals surface area contributed by atoms with Crippen LogP contribution in [-0.4, -0.2) is 56.7 Å². The first-order valence-corrected chi connectivity index (χ1v) is 21.2. The quantitative estimate of drug-likeness (QED) is 0.0780. The summed E-state index contributed by atoms with van der Waals surface area (Å²) in [6.45, 7) is 7.26. The Morgan fingerprint density at radius 3 is 2.21 bits per heavy atom. The van der Waals surface area contributed by atoms with Gasteiger partial charge >= 0.3 is 41.4 Å². The van der Waals surface area contributed by atoms with Gasteiger partial charge in [-0.2, -0.15) is 0 Å². The second kappa shape index (κ2) is 20.6. The lowest BCUT2D eigenvalue weighted by Crippen LogP contribution is -2.65. The highest BCUT2D eigenvalue weighted by Crippen LogP contribution is 2.60. The molecule has 5 rings (SSSR count). The van der Waals surface area contributed by atoms with Crippen molar-refractivity contribution in [2.45, 2.75) is 161 Å². The number of aliphatic carboxylic acids is 2. The molecule has 57 heavy (non-hydrogen) atoms. The van der Waals surface area contributed by atoms with Gasteiger partial charge < -0.3 is 29.5 Å². The van der Waals surface area contributed by atoms with Crippen LogP contribution >= 0.6 is 0 Å². The molecule has 3 fully saturated rings. The van der Waals surface area contributed by atoms with Crippen molar-refractivity contribution in [1.29, 1.82) is 0 Å². The van der Waals surface area contributed by atoms with Crippen LogP contribution in [0.4, 0.5) is 0 Å². The van der Waals surface area contributed by atoms with Gasteiger partial charge in [-0.3, -0.25) is 19.2 Å². The number of hydrogen-bond acceptors (Lipinski definition) is 9. The zero-order chi connectivity index (χ0) is 41.8. The van der Waals surface area contributed by atoms with Crippen molar-refractivity contribution in [3.63, 3.8) is 0 Å². The molecule has 0 heterocycles. The number of fused-ring (bicyclic) bond motifs is 5. The molecule has 0 bridgehead atoms. The van der Waals surface area contributed by atoms with E-state index in [1.165, 1.54) is 51.0 Å². The third-order valence-electron chi connectivity index (χ3n) is 13.1. The molecule has 0 saturated heterocycles. The first-order valence-electron chi connectivity index (χ1n) is 21.2. The molecule has 11 nitrogen and oxygen atoms in total. The Morgan fingerprint density at radius 2 is 1.56 bits per heavy atom. The molecule has 1 aromatic rings. The average molecular weight is 795 g/mol. The molecule has 2 unspecified atom stereocenters. The Morgan fingerprint density at radius 1 is 0.860 bits per heavy atom. The third kappa shape index (κ3) is 11.8. The normalized spacial score (nSPS) is 26.9. The molecule has 0 aromatic heterocycles. The third-order valence-corrected chi connectivity index (χ3v) is 13.1. The van der Waals surface area contributed by atoms with E-state index in [-0.39, 0.29) is 18.3 Å². The van der Waals surface area contributed by atoms with Crippen LogP contribution in [0.3, 0.4) is 0 Å². The molecule has 1 aromatic carbocycles. The van der Waals surface area contributed by atoms with E-state index in [1.807, 2.05) is 6.92 Å². The number of aliphatic hydroxyl groups is 1. The summed E-state index contributed by atoms with van der Waals surface area (Å²) in [5, 5.41) is 30.0. The van der Waals surface area contributed by atoms with Crippen molar-refractivity contribution in [3.05, 3.63) is 59.7 Å². The molecule has 0 spiro atoms. The number of esters is 3. The number of aryl methyl sites for hydroxylation is 1. The lowest BCUT2D eigenvalue weighted by molar-refractivity contribution is -0.349. The Balaban J connectivity index is 0.000000325. The minimum absolute atomic E-state index is 0.160. The lowest BCUT2D eigenvalue weighted by Gasteiger charge is -2.49. The predicted octanol–water partition coefficient (Wildman–Crippen LogP) is 9.06. The van der Waals surface area contributed by atoms with E-state index in [9.17, 15) is 34.2 Å². The van der Waals surface area contributed by atoms with E-state index in [0.717, 1.165) is 83.5 Å². The van der Waals surface area contributed by atoms with Gasteiger partial charge in [0.1, 0.15) is 0 Å². The molecule has 3 N–H and O–H groups in total. The van der Waals surface area contributed by atoms with E-state index < -0.39 is 47.8 Å². The Hall–Kier alpha value is -3.99. The highest BCUT2D eigenvalue weighted by molar-refractivity contribution is 5.84. The van der Waals surface area contributed by atoms with Gasteiger partial charge in [0, 0.05) is 33.6 Å². The first-order chi connectivity index (χ1) is 27.0. The number of allylic oxidation sites excluding steroid dienone is 3. The topological polar surface area (TPSA) is 174 Å².